The number of hydrogen-bond acceptors (Lipinski definition) is 3. The van der Waals surface area contributed by atoms with Gasteiger partial charge in [-0.25, -0.2) is 4.99 Å². The van der Waals surface area contributed by atoms with Crippen LogP contribution in [0.3, 0.4) is 0 Å². The van der Waals surface area contributed by atoms with E-state index in [2.05, 4.69) is 15.6 Å². The minimum Gasteiger partial charge on any atom is -0.496 e. The van der Waals surface area contributed by atoms with Crippen molar-refractivity contribution in [2.45, 2.75) is 32.9 Å². The van der Waals surface area contributed by atoms with E-state index in [1.807, 2.05) is 60.4 Å². The van der Waals surface area contributed by atoms with E-state index in [0.29, 0.717) is 19.5 Å². The van der Waals surface area contributed by atoms with Gasteiger partial charge in [0.25, 0.3) is 0 Å². The molecule has 2 aromatic rings. The first-order valence-corrected chi connectivity index (χ1v) is 9.74. The Morgan fingerprint density at radius 2 is 1.93 bits per heavy atom. The number of amides is 1. The summed E-state index contributed by atoms with van der Waals surface area (Å²) in [6.45, 7) is 4.84. The molecule has 3 rings (SSSR count). The van der Waals surface area contributed by atoms with E-state index < -0.39 is 0 Å². The number of benzene rings is 2. The number of rotatable bonds is 7. The van der Waals surface area contributed by atoms with Gasteiger partial charge in [0, 0.05) is 37.3 Å². The number of aliphatic imine (C=N–C) groups is 1. The summed E-state index contributed by atoms with van der Waals surface area (Å²) in [4.78, 5) is 18.4. The first-order valence-electron chi connectivity index (χ1n) is 9.74. The molecule has 0 aliphatic carbocycles. The molecule has 1 saturated heterocycles. The Kier molecular flexibility index (Phi) is 6.89. The van der Waals surface area contributed by atoms with Gasteiger partial charge in [-0.1, -0.05) is 30.3 Å². The van der Waals surface area contributed by atoms with Crippen LogP contribution < -0.4 is 20.3 Å². The number of nitrogens with zero attached hydrogens (tertiary/aromatic N) is 2. The van der Waals surface area contributed by atoms with Crippen LogP contribution in [-0.4, -0.2) is 32.1 Å². The fourth-order valence-corrected chi connectivity index (χ4v) is 3.24. The van der Waals surface area contributed by atoms with E-state index in [4.69, 9.17) is 4.74 Å². The van der Waals surface area contributed by atoms with Crippen molar-refractivity contribution in [1.82, 2.24) is 10.6 Å². The van der Waals surface area contributed by atoms with Gasteiger partial charge in [-0.15, -0.1) is 0 Å². The molecule has 0 aromatic heterocycles. The lowest BCUT2D eigenvalue weighted by molar-refractivity contribution is -0.117. The SMILES string of the molecule is CCNC(=NCc1ccc(N2CCCC2=O)cc1)NCc1ccccc1OC. The Balaban J connectivity index is 1.61. The van der Waals surface area contributed by atoms with Gasteiger partial charge in [-0.3, -0.25) is 4.79 Å². The highest BCUT2D eigenvalue weighted by atomic mass is 16.5. The molecule has 1 aliphatic rings. The van der Waals surface area contributed by atoms with Crippen molar-refractivity contribution in [2.24, 2.45) is 4.99 Å². The highest BCUT2D eigenvalue weighted by molar-refractivity contribution is 5.95. The highest BCUT2D eigenvalue weighted by Gasteiger charge is 2.21. The molecule has 2 N–H and O–H groups in total. The third-order valence-corrected chi connectivity index (χ3v) is 4.72. The van der Waals surface area contributed by atoms with Crippen LogP contribution in [0, 0.1) is 0 Å². The molecule has 1 fully saturated rings. The molecule has 6 nitrogen and oxygen atoms in total. The molecule has 148 valence electrons. The van der Waals surface area contributed by atoms with Crippen molar-refractivity contribution in [2.75, 3.05) is 25.1 Å². The predicted octanol–water partition coefficient (Wildman–Crippen LogP) is 3.08. The van der Waals surface area contributed by atoms with Crippen LogP contribution >= 0.6 is 0 Å². The number of carbonyl (C=O) groups is 1. The van der Waals surface area contributed by atoms with Crippen LogP contribution in [0.5, 0.6) is 5.75 Å². The molecule has 1 aliphatic heterocycles. The fraction of sp³-hybridized carbons (Fsp3) is 0.364. The van der Waals surface area contributed by atoms with E-state index in [1.165, 1.54) is 0 Å². The minimum absolute atomic E-state index is 0.209. The summed E-state index contributed by atoms with van der Waals surface area (Å²) >= 11 is 0. The van der Waals surface area contributed by atoms with Gasteiger partial charge in [-0.2, -0.15) is 0 Å². The van der Waals surface area contributed by atoms with Gasteiger partial charge in [0.2, 0.25) is 5.91 Å². The topological polar surface area (TPSA) is 66.0 Å². The Bertz CT molecular complexity index is 818. The van der Waals surface area contributed by atoms with Crippen LogP contribution in [0.2, 0.25) is 0 Å². The quantitative estimate of drug-likeness (QED) is 0.572. The summed E-state index contributed by atoms with van der Waals surface area (Å²) in [6.07, 6.45) is 1.59. The summed E-state index contributed by atoms with van der Waals surface area (Å²) in [5.41, 5.74) is 3.15. The minimum atomic E-state index is 0.209. The van der Waals surface area contributed by atoms with E-state index in [1.54, 1.807) is 7.11 Å². The summed E-state index contributed by atoms with van der Waals surface area (Å²) in [5.74, 6) is 1.82. The largest absolute Gasteiger partial charge is 0.496 e. The third-order valence-electron chi connectivity index (χ3n) is 4.72. The summed E-state index contributed by atoms with van der Waals surface area (Å²) in [6, 6.07) is 16.0. The second-order valence-electron chi connectivity index (χ2n) is 6.68. The zero-order valence-corrected chi connectivity index (χ0v) is 16.6. The van der Waals surface area contributed by atoms with Gasteiger partial charge in [0.15, 0.2) is 5.96 Å². The molecule has 1 heterocycles. The summed E-state index contributed by atoms with van der Waals surface area (Å²) in [7, 11) is 1.68. The molecule has 6 heteroatoms. The summed E-state index contributed by atoms with van der Waals surface area (Å²) < 4.78 is 5.40. The predicted molar refractivity (Wildman–Crippen MR) is 113 cm³/mol. The average molecular weight is 380 g/mol. The van der Waals surface area contributed by atoms with Crippen LogP contribution in [0.1, 0.15) is 30.9 Å². The van der Waals surface area contributed by atoms with Crippen LogP contribution in [0.15, 0.2) is 53.5 Å². The van der Waals surface area contributed by atoms with Crippen LogP contribution in [0.4, 0.5) is 5.69 Å². The zero-order valence-electron chi connectivity index (χ0n) is 16.6. The van der Waals surface area contributed by atoms with Gasteiger partial charge < -0.3 is 20.3 Å². The lowest BCUT2D eigenvalue weighted by atomic mass is 10.2. The van der Waals surface area contributed by atoms with E-state index in [9.17, 15) is 4.79 Å². The standard InChI is InChI=1S/C22H28N4O2/c1-3-23-22(25-16-18-7-4-5-8-20(18)28-2)24-15-17-10-12-19(13-11-17)26-14-6-9-21(26)27/h4-5,7-8,10-13H,3,6,9,14-16H2,1-2H3,(H2,23,24,25). The summed E-state index contributed by atoms with van der Waals surface area (Å²) in [5, 5.41) is 6.62. The van der Waals surface area contributed by atoms with Crippen molar-refractivity contribution in [1.29, 1.82) is 0 Å². The molecule has 0 saturated carbocycles. The second kappa shape index (κ2) is 9.78. The molecule has 0 bridgehead atoms. The smallest absolute Gasteiger partial charge is 0.227 e. The van der Waals surface area contributed by atoms with Gasteiger partial charge in [0.05, 0.1) is 13.7 Å². The van der Waals surface area contributed by atoms with Crippen molar-refractivity contribution in [3.05, 3.63) is 59.7 Å². The Morgan fingerprint density at radius 1 is 1.14 bits per heavy atom. The Labute approximate surface area is 166 Å². The molecule has 2 aromatic carbocycles. The fourth-order valence-electron chi connectivity index (χ4n) is 3.24. The first kappa shape index (κ1) is 19.7. The molecule has 0 radical (unpaired) electrons. The number of guanidine groups is 1. The Morgan fingerprint density at radius 3 is 2.61 bits per heavy atom. The lowest BCUT2D eigenvalue weighted by Gasteiger charge is -2.16. The average Bonchev–Trinajstić information content (AvgIpc) is 3.16. The van der Waals surface area contributed by atoms with Gasteiger partial charge in [-0.05, 0) is 37.1 Å². The third kappa shape index (κ3) is 5.03. The van der Waals surface area contributed by atoms with E-state index in [-0.39, 0.29) is 5.91 Å². The number of methoxy groups -OCH3 is 1. The van der Waals surface area contributed by atoms with Crippen molar-refractivity contribution in [3.63, 3.8) is 0 Å². The molecule has 28 heavy (non-hydrogen) atoms. The van der Waals surface area contributed by atoms with E-state index in [0.717, 1.165) is 48.0 Å². The van der Waals surface area contributed by atoms with Crippen molar-refractivity contribution < 1.29 is 9.53 Å². The maximum atomic E-state index is 11.9. The van der Waals surface area contributed by atoms with Gasteiger partial charge >= 0.3 is 0 Å². The number of para-hydroxylation sites is 1. The molecule has 0 atom stereocenters. The second-order valence-corrected chi connectivity index (χ2v) is 6.68. The molecular formula is C22H28N4O2. The zero-order chi connectivity index (χ0) is 19.8. The van der Waals surface area contributed by atoms with Crippen molar-refractivity contribution in [3.8, 4) is 5.75 Å². The van der Waals surface area contributed by atoms with Gasteiger partial charge in [0.1, 0.15) is 5.75 Å². The maximum Gasteiger partial charge on any atom is 0.227 e. The number of hydrogen-bond donors (Lipinski definition) is 2. The maximum absolute atomic E-state index is 11.9. The number of nitrogens with one attached hydrogen (secondary N) is 2. The molecular weight excluding hydrogens is 352 g/mol. The molecule has 0 spiro atoms. The first-order chi connectivity index (χ1) is 13.7. The van der Waals surface area contributed by atoms with Crippen LogP contribution in [0.25, 0.3) is 0 Å². The van der Waals surface area contributed by atoms with Crippen LogP contribution in [-0.2, 0) is 17.9 Å². The van der Waals surface area contributed by atoms with Crippen molar-refractivity contribution >= 4 is 17.6 Å². The van der Waals surface area contributed by atoms with E-state index >= 15 is 0 Å². The number of anilines is 1. The number of carbonyl (C=O) groups excluding carboxylic acids is 1. The molecule has 0 unspecified atom stereocenters. The lowest BCUT2D eigenvalue weighted by Crippen LogP contribution is -2.36. The number of ether oxygens (including phenoxy) is 1. The highest BCUT2D eigenvalue weighted by Crippen LogP contribution is 2.21. The normalized spacial score (nSPS) is 14.3. The molecule has 1 amide bonds. The monoisotopic (exact) mass is 380 g/mol. The Hall–Kier alpha value is -3.02.